The van der Waals surface area contributed by atoms with E-state index in [0.29, 0.717) is 11.7 Å². The van der Waals surface area contributed by atoms with E-state index in [2.05, 4.69) is 15.0 Å². The monoisotopic (exact) mass is 247 g/mol. The Hall–Kier alpha value is -1.88. The summed E-state index contributed by atoms with van der Waals surface area (Å²) in [6, 6.07) is 5.23. The van der Waals surface area contributed by atoms with Crippen molar-refractivity contribution < 1.29 is 9.63 Å². The number of likely N-dealkylation sites (N-methyl/N-ethyl adjacent to an activating group) is 1. The molecule has 0 saturated heterocycles. The third kappa shape index (κ3) is 2.87. The molecule has 1 N–H and O–H groups in total. The number of aromatic hydroxyl groups is 1. The maximum atomic E-state index is 9.47. The van der Waals surface area contributed by atoms with Crippen molar-refractivity contribution in [1.82, 2.24) is 15.0 Å². The number of benzene rings is 1. The number of phenolic OH excluding ortho intramolecular Hbond substituents is 1. The van der Waals surface area contributed by atoms with Gasteiger partial charge in [-0.1, -0.05) is 5.16 Å². The van der Waals surface area contributed by atoms with Crippen LogP contribution in [0.4, 0.5) is 0 Å². The fourth-order valence-electron chi connectivity index (χ4n) is 1.58. The number of aromatic nitrogens is 2. The summed E-state index contributed by atoms with van der Waals surface area (Å²) in [6.45, 7) is 2.72. The summed E-state index contributed by atoms with van der Waals surface area (Å²) in [6.07, 6.45) is 0.758. The van der Waals surface area contributed by atoms with E-state index in [1.165, 1.54) is 0 Å². The van der Waals surface area contributed by atoms with Crippen LogP contribution in [-0.2, 0) is 6.42 Å². The Bertz CT molecular complexity index is 535. The van der Waals surface area contributed by atoms with Crippen LogP contribution in [0.25, 0.3) is 11.5 Å². The molecule has 0 saturated carbocycles. The number of phenols is 1. The Kier molecular flexibility index (Phi) is 3.62. The van der Waals surface area contributed by atoms with Gasteiger partial charge in [-0.25, -0.2) is 0 Å². The summed E-state index contributed by atoms with van der Waals surface area (Å²) in [7, 11) is 4.01. The standard InChI is InChI=1S/C13H17N3O2/c1-9-8-10(4-5-11(9)17)13-14-12(15-18-13)6-7-16(2)3/h4-5,8,17H,6-7H2,1-3H3. The zero-order valence-electron chi connectivity index (χ0n) is 10.8. The van der Waals surface area contributed by atoms with Crippen LogP contribution in [0.15, 0.2) is 22.7 Å². The van der Waals surface area contributed by atoms with E-state index >= 15 is 0 Å². The quantitative estimate of drug-likeness (QED) is 0.893. The zero-order chi connectivity index (χ0) is 13.1. The Morgan fingerprint density at radius 3 is 2.78 bits per heavy atom. The van der Waals surface area contributed by atoms with Gasteiger partial charge in [0, 0.05) is 18.5 Å². The summed E-state index contributed by atoms with van der Waals surface area (Å²) in [5.74, 6) is 1.46. The minimum atomic E-state index is 0.270. The summed E-state index contributed by atoms with van der Waals surface area (Å²) < 4.78 is 5.22. The average Bonchev–Trinajstić information content (AvgIpc) is 2.79. The fraction of sp³-hybridized carbons (Fsp3) is 0.385. The zero-order valence-corrected chi connectivity index (χ0v) is 10.8. The van der Waals surface area contributed by atoms with Gasteiger partial charge in [0.1, 0.15) is 5.75 Å². The molecule has 18 heavy (non-hydrogen) atoms. The number of hydrogen-bond acceptors (Lipinski definition) is 5. The van der Waals surface area contributed by atoms with Crippen LogP contribution in [0.3, 0.4) is 0 Å². The predicted molar refractivity (Wildman–Crippen MR) is 68.4 cm³/mol. The molecule has 5 heteroatoms. The van der Waals surface area contributed by atoms with Gasteiger partial charge in [0.05, 0.1) is 0 Å². The van der Waals surface area contributed by atoms with E-state index in [9.17, 15) is 5.11 Å². The highest BCUT2D eigenvalue weighted by Gasteiger charge is 2.10. The lowest BCUT2D eigenvalue weighted by Gasteiger charge is -2.05. The van der Waals surface area contributed by atoms with Gasteiger partial charge in [0.2, 0.25) is 0 Å². The normalized spacial score (nSPS) is 11.1. The Morgan fingerprint density at radius 1 is 1.33 bits per heavy atom. The maximum absolute atomic E-state index is 9.47. The molecular weight excluding hydrogens is 230 g/mol. The van der Waals surface area contributed by atoms with E-state index in [1.807, 2.05) is 27.1 Å². The molecule has 1 aromatic heterocycles. The van der Waals surface area contributed by atoms with Crippen LogP contribution in [0.5, 0.6) is 5.75 Å². The lowest BCUT2D eigenvalue weighted by atomic mass is 10.1. The molecule has 2 rings (SSSR count). The molecule has 0 spiro atoms. The van der Waals surface area contributed by atoms with Crippen molar-refractivity contribution in [2.24, 2.45) is 0 Å². The fourth-order valence-corrected chi connectivity index (χ4v) is 1.58. The van der Waals surface area contributed by atoms with E-state index < -0.39 is 0 Å². The number of hydrogen-bond donors (Lipinski definition) is 1. The molecular formula is C13H17N3O2. The molecule has 1 heterocycles. The SMILES string of the molecule is Cc1cc(-c2nc(CCN(C)C)no2)ccc1O. The summed E-state index contributed by atoms with van der Waals surface area (Å²) in [4.78, 5) is 6.41. The first-order valence-electron chi connectivity index (χ1n) is 5.83. The number of nitrogens with zero attached hydrogens (tertiary/aromatic N) is 3. The van der Waals surface area contributed by atoms with Crippen molar-refractivity contribution in [1.29, 1.82) is 0 Å². The maximum Gasteiger partial charge on any atom is 0.257 e. The summed E-state index contributed by atoms with van der Waals surface area (Å²) in [5.41, 5.74) is 1.62. The second-order valence-corrected chi connectivity index (χ2v) is 4.57. The molecule has 96 valence electrons. The molecule has 0 radical (unpaired) electrons. The van der Waals surface area contributed by atoms with E-state index in [-0.39, 0.29) is 5.75 Å². The third-order valence-corrected chi connectivity index (χ3v) is 2.69. The van der Waals surface area contributed by atoms with Gasteiger partial charge in [-0.2, -0.15) is 4.98 Å². The molecule has 0 atom stereocenters. The van der Waals surface area contributed by atoms with Gasteiger partial charge < -0.3 is 14.5 Å². The lowest BCUT2D eigenvalue weighted by molar-refractivity contribution is 0.392. The molecule has 1 aromatic carbocycles. The smallest absolute Gasteiger partial charge is 0.257 e. The van der Waals surface area contributed by atoms with Gasteiger partial charge in [0.25, 0.3) is 5.89 Å². The van der Waals surface area contributed by atoms with Crippen molar-refractivity contribution in [3.8, 4) is 17.2 Å². The van der Waals surface area contributed by atoms with E-state index in [0.717, 1.165) is 24.1 Å². The number of rotatable bonds is 4. The summed E-state index contributed by atoms with van der Waals surface area (Å²) >= 11 is 0. The van der Waals surface area contributed by atoms with E-state index in [1.54, 1.807) is 12.1 Å². The Balaban J connectivity index is 2.16. The van der Waals surface area contributed by atoms with Crippen molar-refractivity contribution in [2.45, 2.75) is 13.3 Å². The highest BCUT2D eigenvalue weighted by atomic mass is 16.5. The number of aryl methyl sites for hydroxylation is 1. The van der Waals surface area contributed by atoms with E-state index in [4.69, 9.17) is 4.52 Å². The van der Waals surface area contributed by atoms with Crippen LogP contribution >= 0.6 is 0 Å². The van der Waals surface area contributed by atoms with Crippen LogP contribution in [0.1, 0.15) is 11.4 Å². The molecule has 0 fully saturated rings. The molecule has 2 aromatic rings. The Labute approximate surface area is 106 Å². The summed E-state index contributed by atoms with van der Waals surface area (Å²) in [5, 5.41) is 13.4. The highest BCUT2D eigenvalue weighted by molar-refractivity contribution is 5.56. The van der Waals surface area contributed by atoms with Gasteiger partial charge in [0.15, 0.2) is 5.82 Å². The van der Waals surface area contributed by atoms with Crippen molar-refractivity contribution in [2.75, 3.05) is 20.6 Å². The molecule has 0 amide bonds. The van der Waals surface area contributed by atoms with Gasteiger partial charge in [-0.15, -0.1) is 0 Å². The van der Waals surface area contributed by atoms with Crippen LogP contribution < -0.4 is 0 Å². The van der Waals surface area contributed by atoms with Crippen molar-refractivity contribution >= 4 is 0 Å². The molecule has 0 aliphatic rings. The van der Waals surface area contributed by atoms with Crippen molar-refractivity contribution in [3.05, 3.63) is 29.6 Å². The largest absolute Gasteiger partial charge is 0.508 e. The van der Waals surface area contributed by atoms with Gasteiger partial charge in [-0.05, 0) is 44.8 Å². The van der Waals surface area contributed by atoms with Gasteiger partial charge in [-0.3, -0.25) is 0 Å². The lowest BCUT2D eigenvalue weighted by Crippen LogP contribution is -2.15. The molecule has 0 bridgehead atoms. The van der Waals surface area contributed by atoms with Crippen molar-refractivity contribution in [3.63, 3.8) is 0 Å². The second kappa shape index (κ2) is 5.18. The minimum absolute atomic E-state index is 0.270. The van der Waals surface area contributed by atoms with Gasteiger partial charge >= 0.3 is 0 Å². The van der Waals surface area contributed by atoms with Crippen LogP contribution in [0.2, 0.25) is 0 Å². The van der Waals surface area contributed by atoms with Crippen LogP contribution in [-0.4, -0.2) is 40.8 Å². The third-order valence-electron chi connectivity index (χ3n) is 2.69. The minimum Gasteiger partial charge on any atom is -0.508 e. The first kappa shape index (κ1) is 12.6. The topological polar surface area (TPSA) is 62.4 Å². The first-order valence-corrected chi connectivity index (χ1v) is 5.83. The molecule has 0 aliphatic heterocycles. The molecule has 0 aliphatic carbocycles. The Morgan fingerprint density at radius 2 is 2.11 bits per heavy atom. The second-order valence-electron chi connectivity index (χ2n) is 4.57. The molecule has 5 nitrogen and oxygen atoms in total. The van der Waals surface area contributed by atoms with Crippen LogP contribution in [0, 0.1) is 6.92 Å². The highest BCUT2D eigenvalue weighted by Crippen LogP contribution is 2.24. The average molecular weight is 247 g/mol. The predicted octanol–water partition coefficient (Wildman–Crippen LogP) is 1.85. The first-order chi connectivity index (χ1) is 8.56. The molecule has 0 unspecified atom stereocenters.